The van der Waals surface area contributed by atoms with Crippen LogP contribution in [0, 0.1) is 5.82 Å². The molecule has 1 atom stereocenters. The Morgan fingerprint density at radius 3 is 2.47 bits per heavy atom. The topological polar surface area (TPSA) is 89.3 Å². The molecular formula is C24H21FN4O3. The zero-order chi connectivity index (χ0) is 22.3. The second-order valence-corrected chi connectivity index (χ2v) is 7.11. The van der Waals surface area contributed by atoms with Gasteiger partial charge in [-0.3, -0.25) is 4.79 Å². The number of hydrogen-bond donors (Lipinski definition) is 2. The van der Waals surface area contributed by atoms with E-state index >= 15 is 0 Å². The molecule has 4 rings (SSSR count). The molecule has 0 saturated heterocycles. The highest BCUT2D eigenvalue weighted by molar-refractivity contribution is 6.01. The summed E-state index contributed by atoms with van der Waals surface area (Å²) in [6.45, 7) is 0.539. The molecule has 0 bridgehead atoms. The summed E-state index contributed by atoms with van der Waals surface area (Å²) in [6, 6.07) is 22.4. The minimum atomic E-state index is -0.906. The van der Waals surface area contributed by atoms with Crippen LogP contribution in [0.1, 0.15) is 27.8 Å². The fourth-order valence-electron chi connectivity index (χ4n) is 3.02. The first-order valence-corrected chi connectivity index (χ1v) is 9.98. The second kappa shape index (κ2) is 9.84. The molecular weight excluding hydrogens is 411 g/mol. The van der Waals surface area contributed by atoms with E-state index in [0.717, 1.165) is 5.56 Å². The summed E-state index contributed by atoms with van der Waals surface area (Å²) >= 11 is 0. The highest BCUT2D eigenvalue weighted by Crippen LogP contribution is 2.18. The van der Waals surface area contributed by atoms with Crippen LogP contribution < -0.4 is 10.1 Å². The molecule has 0 aliphatic carbocycles. The number of hydrogen-bond acceptors (Lipinski definition) is 5. The van der Waals surface area contributed by atoms with Gasteiger partial charge in [-0.2, -0.15) is 0 Å². The zero-order valence-electron chi connectivity index (χ0n) is 17.1. The molecule has 0 fully saturated rings. The van der Waals surface area contributed by atoms with E-state index in [2.05, 4.69) is 15.4 Å². The summed E-state index contributed by atoms with van der Waals surface area (Å²) < 4.78 is 20.1. The maximum absolute atomic E-state index is 13.0. The summed E-state index contributed by atoms with van der Waals surface area (Å²) in [4.78, 5) is 16.4. The molecule has 8 heteroatoms. The zero-order valence-corrected chi connectivity index (χ0v) is 17.1. The van der Waals surface area contributed by atoms with Crippen molar-refractivity contribution in [3.63, 3.8) is 0 Å². The number of aliphatic hydroxyl groups excluding tert-OH is 1. The van der Waals surface area contributed by atoms with Gasteiger partial charge in [0.2, 0.25) is 5.82 Å². The van der Waals surface area contributed by atoms with Crippen LogP contribution in [0.4, 0.5) is 10.1 Å². The van der Waals surface area contributed by atoms with Gasteiger partial charge in [-0.1, -0.05) is 42.5 Å². The van der Waals surface area contributed by atoms with E-state index in [1.807, 2.05) is 30.3 Å². The fourth-order valence-corrected chi connectivity index (χ4v) is 3.02. The average Bonchev–Trinajstić information content (AvgIpc) is 3.28. The van der Waals surface area contributed by atoms with Crippen molar-refractivity contribution in [1.29, 1.82) is 0 Å². The van der Waals surface area contributed by atoms with Gasteiger partial charge in [-0.15, -0.1) is 5.10 Å². The van der Waals surface area contributed by atoms with Crippen LogP contribution in [0.5, 0.6) is 5.75 Å². The monoisotopic (exact) mass is 432 g/mol. The van der Waals surface area contributed by atoms with Crippen LogP contribution in [0.15, 0.2) is 85.2 Å². The molecule has 4 aromatic rings. The van der Waals surface area contributed by atoms with Crippen LogP contribution in [-0.4, -0.2) is 25.8 Å². The van der Waals surface area contributed by atoms with Crippen molar-refractivity contribution in [3.8, 4) is 5.75 Å². The molecule has 7 nitrogen and oxygen atoms in total. The Hall–Kier alpha value is -4.04. The lowest BCUT2D eigenvalue weighted by Crippen LogP contribution is -2.15. The number of carbonyl (C=O) groups excluding carboxylic acids is 1. The van der Waals surface area contributed by atoms with Crippen molar-refractivity contribution in [2.24, 2.45) is 0 Å². The van der Waals surface area contributed by atoms with Gasteiger partial charge >= 0.3 is 0 Å². The molecule has 32 heavy (non-hydrogen) atoms. The molecule has 0 radical (unpaired) electrons. The number of nitrogens with one attached hydrogen (secondary N) is 1. The number of aromatic nitrogens is 3. The summed E-state index contributed by atoms with van der Waals surface area (Å²) in [7, 11) is 0. The third kappa shape index (κ3) is 5.55. The largest absolute Gasteiger partial charge is 0.489 e. The molecule has 162 valence electrons. The van der Waals surface area contributed by atoms with Gasteiger partial charge in [-0.25, -0.2) is 14.1 Å². The number of benzene rings is 3. The summed E-state index contributed by atoms with van der Waals surface area (Å²) in [5, 5.41) is 17.1. The van der Waals surface area contributed by atoms with Crippen LogP contribution in [0.3, 0.4) is 0 Å². The van der Waals surface area contributed by atoms with Crippen LogP contribution in [0.2, 0.25) is 0 Å². The second-order valence-electron chi connectivity index (χ2n) is 7.11. The van der Waals surface area contributed by atoms with E-state index in [9.17, 15) is 14.3 Å². The van der Waals surface area contributed by atoms with E-state index in [1.54, 1.807) is 24.3 Å². The Balaban J connectivity index is 1.31. The summed E-state index contributed by atoms with van der Waals surface area (Å²) in [5.74, 6) is -0.195. The SMILES string of the molecule is O=C(Nc1ccc(OCc2ccccc2)cc1)c1ncn(C[C@@H](O)c2ccc(F)cc2)n1. The van der Waals surface area contributed by atoms with E-state index < -0.39 is 12.0 Å². The summed E-state index contributed by atoms with van der Waals surface area (Å²) in [5.41, 5.74) is 2.18. The number of amides is 1. The van der Waals surface area contributed by atoms with Crippen LogP contribution in [0.25, 0.3) is 0 Å². The normalized spacial score (nSPS) is 11.7. The third-order valence-electron chi connectivity index (χ3n) is 4.71. The lowest BCUT2D eigenvalue weighted by molar-refractivity contribution is 0.101. The molecule has 1 amide bonds. The lowest BCUT2D eigenvalue weighted by atomic mass is 10.1. The van der Waals surface area contributed by atoms with Crippen molar-refractivity contribution in [2.75, 3.05) is 5.32 Å². The minimum Gasteiger partial charge on any atom is -0.489 e. The lowest BCUT2D eigenvalue weighted by Gasteiger charge is -2.10. The first-order valence-electron chi connectivity index (χ1n) is 9.98. The van der Waals surface area contributed by atoms with Crippen molar-refractivity contribution >= 4 is 11.6 Å². The van der Waals surface area contributed by atoms with Crippen molar-refractivity contribution < 1.29 is 19.0 Å². The molecule has 3 aromatic carbocycles. The molecule has 0 saturated carbocycles. The Morgan fingerprint density at radius 1 is 1.03 bits per heavy atom. The highest BCUT2D eigenvalue weighted by Gasteiger charge is 2.15. The quantitative estimate of drug-likeness (QED) is 0.440. The maximum Gasteiger partial charge on any atom is 0.295 e. The number of nitrogens with zero attached hydrogens (tertiary/aromatic N) is 3. The van der Waals surface area contributed by atoms with E-state index in [4.69, 9.17) is 4.74 Å². The standard InChI is InChI=1S/C24H21FN4O3/c25-19-8-6-18(7-9-19)22(30)14-29-16-26-23(28-29)24(31)27-20-10-12-21(13-11-20)32-15-17-4-2-1-3-5-17/h1-13,16,22,30H,14-15H2,(H,27,31)/t22-/m1/s1. The molecule has 0 aliphatic heterocycles. The fraction of sp³-hybridized carbons (Fsp3) is 0.125. The number of anilines is 1. The van der Waals surface area contributed by atoms with E-state index in [-0.39, 0.29) is 18.2 Å². The Morgan fingerprint density at radius 2 is 1.75 bits per heavy atom. The number of carbonyl (C=O) groups is 1. The van der Waals surface area contributed by atoms with Crippen molar-refractivity contribution in [2.45, 2.75) is 19.3 Å². The molecule has 0 aliphatic rings. The van der Waals surface area contributed by atoms with E-state index in [0.29, 0.717) is 23.6 Å². The predicted molar refractivity (Wildman–Crippen MR) is 117 cm³/mol. The minimum absolute atomic E-state index is 0.0271. The average molecular weight is 432 g/mol. The number of aliphatic hydroxyl groups is 1. The van der Waals surface area contributed by atoms with Crippen LogP contribution in [-0.2, 0) is 13.2 Å². The van der Waals surface area contributed by atoms with Gasteiger partial charge < -0.3 is 15.2 Å². The van der Waals surface area contributed by atoms with Crippen LogP contribution >= 0.6 is 0 Å². The molecule has 0 unspecified atom stereocenters. The number of rotatable bonds is 8. The predicted octanol–water partition coefficient (Wildman–Crippen LogP) is 3.98. The van der Waals surface area contributed by atoms with Crippen molar-refractivity contribution in [1.82, 2.24) is 14.8 Å². The van der Waals surface area contributed by atoms with Gasteiger partial charge in [0.1, 0.15) is 24.5 Å². The van der Waals surface area contributed by atoms with Gasteiger partial charge in [0, 0.05) is 5.69 Å². The Labute approximate surface area is 184 Å². The molecule has 1 aromatic heterocycles. The van der Waals surface area contributed by atoms with E-state index in [1.165, 1.54) is 35.3 Å². The number of ether oxygens (including phenoxy) is 1. The first kappa shape index (κ1) is 21.2. The first-order chi connectivity index (χ1) is 15.6. The molecule has 2 N–H and O–H groups in total. The molecule has 0 spiro atoms. The van der Waals surface area contributed by atoms with Gasteiger partial charge in [0.05, 0.1) is 12.6 Å². The van der Waals surface area contributed by atoms with Gasteiger partial charge in [-0.05, 0) is 47.5 Å². The van der Waals surface area contributed by atoms with Gasteiger partial charge in [0.25, 0.3) is 5.91 Å². The summed E-state index contributed by atoms with van der Waals surface area (Å²) in [6.07, 6.45) is 0.457. The Kier molecular flexibility index (Phi) is 6.52. The maximum atomic E-state index is 13.0. The molecule has 1 heterocycles. The van der Waals surface area contributed by atoms with Crippen molar-refractivity contribution in [3.05, 3.63) is 108 Å². The smallest absolute Gasteiger partial charge is 0.295 e. The third-order valence-corrected chi connectivity index (χ3v) is 4.71. The van der Waals surface area contributed by atoms with Gasteiger partial charge in [0.15, 0.2) is 0 Å². The highest BCUT2D eigenvalue weighted by atomic mass is 19.1. The Bertz CT molecular complexity index is 1160. The number of halogens is 1.